The summed E-state index contributed by atoms with van der Waals surface area (Å²) in [5.41, 5.74) is 1.27. The first-order chi connectivity index (χ1) is 19.9. The van der Waals surface area contributed by atoms with Crippen LogP contribution < -0.4 is 9.46 Å². The van der Waals surface area contributed by atoms with E-state index in [1.807, 2.05) is 63.2 Å². The number of hydrogen-bond donors (Lipinski definition) is 1. The van der Waals surface area contributed by atoms with Gasteiger partial charge in [-0.1, -0.05) is 42.5 Å². The van der Waals surface area contributed by atoms with Gasteiger partial charge in [-0.05, 0) is 78.0 Å². The van der Waals surface area contributed by atoms with Crippen LogP contribution >= 0.6 is 0 Å². The molecule has 3 rings (SSSR count). The lowest BCUT2D eigenvalue weighted by Crippen LogP contribution is -2.59. The zero-order chi connectivity index (χ0) is 32.0. The van der Waals surface area contributed by atoms with Crippen molar-refractivity contribution in [1.82, 2.24) is 13.9 Å². The van der Waals surface area contributed by atoms with Crippen molar-refractivity contribution in [3.8, 4) is 16.9 Å². The maximum Gasteiger partial charge on any atom is 0.410 e. The lowest BCUT2D eigenvalue weighted by molar-refractivity contribution is -0.148. The minimum absolute atomic E-state index is 0.398. The van der Waals surface area contributed by atoms with Crippen LogP contribution in [0.2, 0.25) is 0 Å². The number of piperidine rings is 1. The Balaban J connectivity index is 1.90. The van der Waals surface area contributed by atoms with E-state index >= 15 is 0 Å². The topological polar surface area (TPSA) is 114 Å². The molecule has 0 radical (unpaired) electrons. The molecular formula is C32H45N3O7S. The number of amides is 1. The number of nitrogens with one attached hydrogen (secondary N) is 1. The normalized spacial score (nSPS) is 18.1. The van der Waals surface area contributed by atoms with E-state index in [-0.39, 0.29) is 0 Å². The zero-order valence-electron chi connectivity index (χ0n) is 26.4. The number of nitrogens with zero attached hydrogens (tertiary/aromatic N) is 2. The van der Waals surface area contributed by atoms with Crippen molar-refractivity contribution in [2.24, 2.45) is 0 Å². The number of benzene rings is 2. The van der Waals surface area contributed by atoms with Crippen molar-refractivity contribution in [2.45, 2.75) is 84.1 Å². The fourth-order valence-corrected chi connectivity index (χ4v) is 5.57. The second-order valence-corrected chi connectivity index (χ2v) is 14.7. The number of para-hydroxylation sites is 1. The molecule has 2 aromatic rings. The molecule has 0 saturated carbocycles. The average molecular weight is 616 g/mol. The average Bonchev–Trinajstić information content (AvgIpc) is 2.88. The highest BCUT2D eigenvalue weighted by atomic mass is 32.2. The van der Waals surface area contributed by atoms with Gasteiger partial charge in [0.05, 0.1) is 18.4 Å². The summed E-state index contributed by atoms with van der Waals surface area (Å²) in [5.74, 6) is 0.0394. The van der Waals surface area contributed by atoms with Crippen molar-refractivity contribution >= 4 is 22.3 Å². The van der Waals surface area contributed by atoms with Gasteiger partial charge in [0.25, 0.3) is 10.2 Å². The largest absolute Gasteiger partial charge is 0.464 e. The van der Waals surface area contributed by atoms with Crippen LogP contribution in [0.4, 0.5) is 4.79 Å². The monoisotopic (exact) mass is 615 g/mol. The Morgan fingerprint density at radius 1 is 1.00 bits per heavy atom. The Hall–Kier alpha value is -3.41. The molecule has 1 saturated heterocycles. The number of likely N-dealkylation sites (tertiary alicyclic amines) is 1. The van der Waals surface area contributed by atoms with Crippen LogP contribution in [-0.4, -0.2) is 73.6 Å². The number of carbonyl (C=O) groups is 2. The minimum atomic E-state index is -3.74. The van der Waals surface area contributed by atoms with E-state index in [0.717, 1.165) is 21.0 Å². The van der Waals surface area contributed by atoms with Crippen LogP contribution in [0.5, 0.6) is 5.75 Å². The molecule has 0 aliphatic carbocycles. The summed E-state index contributed by atoms with van der Waals surface area (Å²) in [6.07, 6.45) is 3.68. The lowest BCUT2D eigenvalue weighted by Gasteiger charge is -2.42. The highest BCUT2D eigenvalue weighted by Gasteiger charge is 2.38. The fraction of sp³-hybridized carbons (Fsp3) is 0.500. The molecule has 11 heteroatoms. The first-order valence-electron chi connectivity index (χ1n) is 14.4. The summed E-state index contributed by atoms with van der Waals surface area (Å²) in [4.78, 5) is 27.0. The summed E-state index contributed by atoms with van der Waals surface area (Å²) >= 11 is 0. The Morgan fingerprint density at radius 3 is 2.33 bits per heavy atom. The second-order valence-electron chi connectivity index (χ2n) is 12.7. The van der Waals surface area contributed by atoms with Gasteiger partial charge in [-0.2, -0.15) is 17.4 Å². The van der Waals surface area contributed by atoms with E-state index in [9.17, 15) is 18.0 Å². The molecule has 0 bridgehead atoms. The van der Waals surface area contributed by atoms with Gasteiger partial charge in [0.2, 0.25) is 0 Å². The van der Waals surface area contributed by atoms with Crippen molar-refractivity contribution < 1.29 is 32.2 Å². The number of esters is 1. The van der Waals surface area contributed by atoms with Gasteiger partial charge < -0.3 is 19.1 Å². The van der Waals surface area contributed by atoms with E-state index < -0.39 is 45.6 Å². The summed E-state index contributed by atoms with van der Waals surface area (Å²) in [6.45, 7) is 11.3. The van der Waals surface area contributed by atoms with Gasteiger partial charge in [-0.3, -0.25) is 0 Å². The van der Waals surface area contributed by atoms with Crippen LogP contribution in [0, 0.1) is 0 Å². The predicted octanol–water partition coefficient (Wildman–Crippen LogP) is 5.29. The van der Waals surface area contributed by atoms with Crippen LogP contribution in [0.25, 0.3) is 11.1 Å². The molecule has 10 nitrogen and oxygen atoms in total. The number of hydrogen-bond acceptors (Lipinski definition) is 7. The molecule has 0 spiro atoms. The third kappa shape index (κ3) is 10.4. The molecule has 1 aliphatic rings. The molecule has 2 atom stereocenters. The smallest absolute Gasteiger partial charge is 0.410 e. The Kier molecular flexibility index (Phi) is 11.0. The summed E-state index contributed by atoms with van der Waals surface area (Å²) in [5, 5.41) is 0. The third-order valence-electron chi connectivity index (χ3n) is 6.56. The van der Waals surface area contributed by atoms with E-state index in [1.165, 1.54) is 26.4 Å². The number of ether oxygens (including phenoxy) is 3. The van der Waals surface area contributed by atoms with Gasteiger partial charge in [0, 0.05) is 32.2 Å². The molecule has 2 unspecified atom stereocenters. The summed E-state index contributed by atoms with van der Waals surface area (Å²) in [7, 11) is -0.801. The highest BCUT2D eigenvalue weighted by Crippen LogP contribution is 2.32. The number of rotatable bonds is 9. The molecular weight excluding hydrogens is 570 g/mol. The molecule has 1 N–H and O–H groups in total. The highest BCUT2D eigenvalue weighted by molar-refractivity contribution is 7.87. The van der Waals surface area contributed by atoms with Gasteiger partial charge >= 0.3 is 12.1 Å². The van der Waals surface area contributed by atoms with E-state index in [0.29, 0.717) is 31.6 Å². The molecule has 1 fully saturated rings. The van der Waals surface area contributed by atoms with Crippen LogP contribution in [-0.2, 0) is 30.9 Å². The maximum absolute atomic E-state index is 13.3. The number of carbonyl (C=O) groups excluding carboxylic acids is 2. The van der Waals surface area contributed by atoms with Gasteiger partial charge in [0.15, 0.2) is 0 Å². The van der Waals surface area contributed by atoms with Crippen molar-refractivity contribution in [1.29, 1.82) is 0 Å². The maximum atomic E-state index is 13.3. The summed E-state index contributed by atoms with van der Waals surface area (Å²) < 4.78 is 46.4. The minimum Gasteiger partial charge on any atom is -0.464 e. The van der Waals surface area contributed by atoms with Crippen molar-refractivity contribution in [2.75, 3.05) is 20.6 Å². The Labute approximate surface area is 256 Å². The quantitative estimate of drug-likeness (QED) is 0.232. The zero-order valence-corrected chi connectivity index (χ0v) is 27.2. The third-order valence-corrected chi connectivity index (χ3v) is 8.13. The second kappa shape index (κ2) is 13.9. The van der Waals surface area contributed by atoms with E-state index in [2.05, 4.69) is 4.72 Å². The molecule has 0 aromatic heterocycles. The van der Waals surface area contributed by atoms with Crippen LogP contribution in [0.3, 0.4) is 0 Å². The first-order valence-corrected chi connectivity index (χ1v) is 15.8. The molecule has 1 heterocycles. The van der Waals surface area contributed by atoms with Crippen LogP contribution in [0.15, 0.2) is 60.9 Å². The molecule has 2 aromatic carbocycles. The standard InChI is InChI=1S/C32H45N3O7S/c1-31(2,3)41-29(36)18-20-40-28-17-10-9-15-25(28)24-14-11-13-23(21-24)22-27-26(33-43(38,39)34(7)8)16-12-19-35(27)30(37)42-32(4,5)6/h9-11,13-15,17-18,20-21,26-27,33H,12,16,19,22H2,1-8H3/b20-18-. The van der Waals surface area contributed by atoms with E-state index in [4.69, 9.17) is 14.2 Å². The Morgan fingerprint density at radius 2 is 1.67 bits per heavy atom. The molecule has 1 aliphatic heterocycles. The van der Waals surface area contributed by atoms with Crippen molar-refractivity contribution in [3.05, 3.63) is 66.4 Å². The summed E-state index contributed by atoms with van der Waals surface area (Å²) in [6, 6.07) is 14.3. The molecule has 43 heavy (non-hydrogen) atoms. The van der Waals surface area contributed by atoms with Gasteiger partial charge in [-0.25, -0.2) is 9.59 Å². The van der Waals surface area contributed by atoms with E-state index in [1.54, 1.807) is 31.7 Å². The predicted molar refractivity (Wildman–Crippen MR) is 167 cm³/mol. The lowest BCUT2D eigenvalue weighted by atomic mass is 9.90. The Bertz CT molecular complexity index is 1410. The first kappa shape index (κ1) is 34.1. The fourth-order valence-electron chi connectivity index (χ4n) is 4.70. The van der Waals surface area contributed by atoms with Gasteiger partial charge in [0.1, 0.15) is 17.0 Å². The van der Waals surface area contributed by atoms with Crippen LogP contribution in [0.1, 0.15) is 59.9 Å². The SMILES string of the molecule is CN(C)S(=O)(=O)NC1CCCN(C(=O)OC(C)(C)C)C1Cc1cccc(-c2ccccc2O/C=C\C(=O)OC(C)(C)C)c1. The van der Waals surface area contributed by atoms with Crippen molar-refractivity contribution in [3.63, 3.8) is 0 Å². The molecule has 236 valence electrons. The van der Waals surface area contributed by atoms with Gasteiger partial charge in [-0.15, -0.1) is 0 Å². The molecule has 1 amide bonds.